The molecule has 0 N–H and O–H groups in total. The number of ether oxygens (including phenoxy) is 1. The van der Waals surface area contributed by atoms with Gasteiger partial charge in [0.2, 0.25) is 0 Å². The Labute approximate surface area is 76.8 Å². The molecule has 0 heterocycles. The third-order valence-electron chi connectivity index (χ3n) is 2.32. The summed E-state index contributed by atoms with van der Waals surface area (Å²) in [5.74, 6) is 0.345. The number of hydrogen-bond acceptors (Lipinski definition) is 1. The summed E-state index contributed by atoms with van der Waals surface area (Å²) >= 11 is 0. The van der Waals surface area contributed by atoms with E-state index in [1.165, 1.54) is 5.57 Å². The van der Waals surface area contributed by atoms with Gasteiger partial charge in [0.25, 0.3) is 0 Å². The Balaban J connectivity index is 3.92. The summed E-state index contributed by atoms with van der Waals surface area (Å²) in [6.07, 6.45) is 2.54. The van der Waals surface area contributed by atoms with Crippen molar-refractivity contribution < 1.29 is 4.74 Å². The molecule has 1 nitrogen and oxygen atoms in total. The van der Waals surface area contributed by atoms with E-state index in [9.17, 15) is 0 Å². The van der Waals surface area contributed by atoms with Gasteiger partial charge in [-0.2, -0.15) is 0 Å². The normalized spacial score (nSPS) is 18.1. The molecule has 0 saturated heterocycles. The Hall–Kier alpha value is -0.300. The largest absolute Gasteiger partial charge is 0.371 e. The Morgan fingerprint density at radius 2 is 1.83 bits per heavy atom. The van der Waals surface area contributed by atoms with Crippen molar-refractivity contribution in [3.05, 3.63) is 18.6 Å². The van der Waals surface area contributed by atoms with Crippen molar-refractivity contribution in [2.45, 2.75) is 46.8 Å². The van der Waals surface area contributed by atoms with E-state index in [2.05, 4.69) is 40.7 Å². The van der Waals surface area contributed by atoms with Crippen LogP contribution in [0.25, 0.3) is 0 Å². The molecule has 0 aliphatic heterocycles. The highest BCUT2D eigenvalue weighted by Gasteiger charge is 2.12. The highest BCUT2D eigenvalue weighted by Crippen LogP contribution is 2.12. The van der Waals surface area contributed by atoms with Crippen LogP contribution in [0.4, 0.5) is 0 Å². The van der Waals surface area contributed by atoms with Gasteiger partial charge in [0.15, 0.2) is 0 Å². The molecule has 0 spiro atoms. The van der Waals surface area contributed by atoms with Gasteiger partial charge in [-0.25, -0.2) is 0 Å². The van der Waals surface area contributed by atoms with Crippen molar-refractivity contribution >= 4 is 0 Å². The van der Waals surface area contributed by atoms with Crippen molar-refractivity contribution in [3.8, 4) is 0 Å². The molecule has 0 aromatic rings. The van der Waals surface area contributed by atoms with Gasteiger partial charge in [-0.15, -0.1) is 0 Å². The molecule has 71 valence electrons. The van der Waals surface area contributed by atoms with E-state index in [1.807, 2.05) is 6.92 Å². The molecule has 1 radical (unpaired) electrons. The Kier molecular flexibility index (Phi) is 5.23. The predicted molar refractivity (Wildman–Crippen MR) is 54.0 cm³/mol. The van der Waals surface area contributed by atoms with Gasteiger partial charge >= 0.3 is 0 Å². The topological polar surface area (TPSA) is 9.23 Å². The lowest BCUT2D eigenvalue weighted by Crippen LogP contribution is -2.22. The quantitative estimate of drug-likeness (QED) is 0.587. The second-order valence-electron chi connectivity index (χ2n) is 3.49. The fourth-order valence-corrected chi connectivity index (χ4v) is 0.798. The van der Waals surface area contributed by atoms with Gasteiger partial charge in [0.1, 0.15) is 0 Å². The van der Waals surface area contributed by atoms with Gasteiger partial charge in [-0.3, -0.25) is 0 Å². The molecule has 0 aliphatic carbocycles. The molecular weight excluding hydrogens is 148 g/mol. The molecular formula is C11H21O. The van der Waals surface area contributed by atoms with E-state index < -0.39 is 0 Å². The van der Waals surface area contributed by atoms with E-state index in [0.29, 0.717) is 5.92 Å². The van der Waals surface area contributed by atoms with Crippen LogP contribution in [0.15, 0.2) is 11.6 Å². The maximum Gasteiger partial charge on any atom is 0.0757 e. The molecule has 3 unspecified atom stereocenters. The predicted octanol–water partition coefficient (Wildman–Crippen LogP) is 3.22. The molecule has 0 rings (SSSR count). The second kappa shape index (κ2) is 5.36. The van der Waals surface area contributed by atoms with Crippen LogP contribution in [0.5, 0.6) is 0 Å². The Morgan fingerprint density at radius 1 is 1.33 bits per heavy atom. The van der Waals surface area contributed by atoms with E-state index in [1.54, 1.807) is 0 Å². The van der Waals surface area contributed by atoms with Crippen molar-refractivity contribution in [3.63, 3.8) is 0 Å². The van der Waals surface area contributed by atoms with Crippen molar-refractivity contribution in [2.75, 3.05) is 0 Å². The first-order valence-electron chi connectivity index (χ1n) is 4.60. The van der Waals surface area contributed by atoms with Gasteiger partial charge in [0, 0.05) is 0 Å². The van der Waals surface area contributed by atoms with E-state index in [-0.39, 0.29) is 12.2 Å². The maximum atomic E-state index is 5.73. The average molecular weight is 169 g/mol. The SMILES string of the molecule is [CH2]C(C)C(C)OC(C)C(C)=CC. The van der Waals surface area contributed by atoms with E-state index in [0.717, 1.165) is 0 Å². The van der Waals surface area contributed by atoms with E-state index in [4.69, 9.17) is 4.74 Å². The minimum atomic E-state index is 0.217. The summed E-state index contributed by atoms with van der Waals surface area (Å²) < 4.78 is 5.73. The van der Waals surface area contributed by atoms with Gasteiger partial charge in [-0.05, 0) is 46.1 Å². The number of allylic oxidation sites excluding steroid dienone is 1. The summed E-state index contributed by atoms with van der Waals surface area (Å²) in [5.41, 5.74) is 1.28. The Bertz CT molecular complexity index is 147. The zero-order valence-corrected chi connectivity index (χ0v) is 8.92. The second-order valence-corrected chi connectivity index (χ2v) is 3.49. The first-order valence-corrected chi connectivity index (χ1v) is 4.60. The first kappa shape index (κ1) is 11.7. The lowest BCUT2D eigenvalue weighted by molar-refractivity contribution is 0.00766. The van der Waals surface area contributed by atoms with Crippen LogP contribution in [0.2, 0.25) is 0 Å². The van der Waals surface area contributed by atoms with E-state index >= 15 is 0 Å². The third kappa shape index (κ3) is 3.91. The third-order valence-corrected chi connectivity index (χ3v) is 2.32. The lowest BCUT2D eigenvalue weighted by atomic mass is 10.1. The van der Waals surface area contributed by atoms with Crippen molar-refractivity contribution in [2.24, 2.45) is 5.92 Å². The molecule has 12 heavy (non-hydrogen) atoms. The zero-order valence-electron chi connectivity index (χ0n) is 8.92. The first-order chi connectivity index (χ1) is 5.49. The van der Waals surface area contributed by atoms with Crippen LogP contribution in [0.3, 0.4) is 0 Å². The fraction of sp³-hybridized carbons (Fsp3) is 0.727. The van der Waals surface area contributed by atoms with Crippen LogP contribution >= 0.6 is 0 Å². The zero-order chi connectivity index (χ0) is 9.72. The summed E-state index contributed by atoms with van der Waals surface area (Å²) in [5, 5.41) is 0. The number of hydrogen-bond donors (Lipinski definition) is 0. The molecule has 0 aromatic carbocycles. The smallest absolute Gasteiger partial charge is 0.0757 e. The minimum Gasteiger partial charge on any atom is -0.371 e. The molecule has 0 aromatic heterocycles. The maximum absolute atomic E-state index is 5.73. The van der Waals surface area contributed by atoms with Gasteiger partial charge < -0.3 is 4.74 Å². The molecule has 0 fully saturated rings. The van der Waals surface area contributed by atoms with Crippen molar-refractivity contribution in [1.29, 1.82) is 0 Å². The molecule has 0 saturated carbocycles. The lowest BCUT2D eigenvalue weighted by Gasteiger charge is -2.22. The fourth-order valence-electron chi connectivity index (χ4n) is 0.798. The van der Waals surface area contributed by atoms with Gasteiger partial charge in [0.05, 0.1) is 12.2 Å². The Morgan fingerprint density at radius 3 is 2.17 bits per heavy atom. The van der Waals surface area contributed by atoms with Crippen LogP contribution in [-0.2, 0) is 4.74 Å². The molecule has 0 aliphatic rings. The average Bonchev–Trinajstić information content (AvgIpc) is 2.02. The molecule has 0 bridgehead atoms. The molecule has 1 heteroatoms. The highest BCUT2D eigenvalue weighted by atomic mass is 16.5. The van der Waals surface area contributed by atoms with Crippen molar-refractivity contribution in [1.82, 2.24) is 0 Å². The highest BCUT2D eigenvalue weighted by molar-refractivity contribution is 5.01. The van der Waals surface area contributed by atoms with Crippen LogP contribution in [0, 0.1) is 12.8 Å². The van der Waals surface area contributed by atoms with Gasteiger partial charge in [-0.1, -0.05) is 13.0 Å². The standard InChI is InChI=1S/C11H21O/c1-7-9(4)11(6)12-10(5)8(2)3/h7-8,10-11H,2H2,1,3-6H3. The summed E-state index contributed by atoms with van der Waals surface area (Å²) in [4.78, 5) is 0. The van der Waals surface area contributed by atoms with Crippen LogP contribution in [0.1, 0.15) is 34.6 Å². The monoisotopic (exact) mass is 169 g/mol. The molecule has 0 amide bonds. The summed E-state index contributed by atoms with van der Waals surface area (Å²) in [7, 11) is 0. The van der Waals surface area contributed by atoms with Crippen LogP contribution in [-0.4, -0.2) is 12.2 Å². The summed E-state index contributed by atoms with van der Waals surface area (Å²) in [6.45, 7) is 14.3. The summed E-state index contributed by atoms with van der Waals surface area (Å²) in [6, 6.07) is 0. The van der Waals surface area contributed by atoms with Crippen LogP contribution < -0.4 is 0 Å². The number of rotatable bonds is 4. The molecule has 3 atom stereocenters. The minimum absolute atomic E-state index is 0.217.